The van der Waals surface area contributed by atoms with E-state index in [0.717, 1.165) is 11.3 Å². The number of aryl methyl sites for hydroxylation is 1. The van der Waals surface area contributed by atoms with Gasteiger partial charge in [0.1, 0.15) is 5.01 Å². The molecule has 13 heteroatoms. The van der Waals surface area contributed by atoms with Gasteiger partial charge < -0.3 is 9.62 Å². The van der Waals surface area contributed by atoms with Gasteiger partial charge in [0.25, 0.3) is 5.13 Å². The Kier molecular flexibility index (Phi) is 6.36. The maximum atomic E-state index is 12.7. The van der Waals surface area contributed by atoms with Gasteiger partial charge >= 0.3 is 5.51 Å². The van der Waals surface area contributed by atoms with Crippen molar-refractivity contribution in [2.45, 2.75) is 26.3 Å². The summed E-state index contributed by atoms with van der Waals surface area (Å²) in [6.45, 7) is 6.57. The lowest BCUT2D eigenvalue weighted by Gasteiger charge is -2.28. The molecule has 1 aromatic heterocycles. The Bertz CT molecular complexity index is 923. The molecule has 0 saturated heterocycles. The molecule has 0 saturated carbocycles. The second-order valence-corrected chi connectivity index (χ2v) is 7.92. The summed E-state index contributed by atoms with van der Waals surface area (Å²) >= 11 is 1.13. The molecule has 0 aliphatic carbocycles. The Morgan fingerprint density at radius 1 is 1.19 bits per heavy atom. The molecule has 148 valence electrons. The van der Waals surface area contributed by atoms with Crippen LogP contribution in [-0.2, 0) is 10.0 Å². The SMILES string of the molecule is CCN(CC)c1ccc(N=Nc2nnc(C)s2)c([N-]S(=O)(=O)C(F)(F)F)c1. The van der Waals surface area contributed by atoms with Crippen LogP contribution >= 0.6 is 11.3 Å². The van der Waals surface area contributed by atoms with E-state index < -0.39 is 21.2 Å². The zero-order valence-corrected chi connectivity index (χ0v) is 16.2. The molecule has 1 heterocycles. The summed E-state index contributed by atoms with van der Waals surface area (Å²) in [5.41, 5.74) is -5.58. The van der Waals surface area contributed by atoms with Gasteiger partial charge in [0.05, 0.1) is 5.69 Å². The summed E-state index contributed by atoms with van der Waals surface area (Å²) in [7, 11) is -5.73. The van der Waals surface area contributed by atoms with Crippen LogP contribution in [0.4, 0.5) is 35.4 Å². The van der Waals surface area contributed by atoms with Crippen molar-refractivity contribution < 1.29 is 21.6 Å². The minimum absolute atomic E-state index is 0.133. The predicted octanol–water partition coefficient (Wildman–Crippen LogP) is 4.96. The summed E-state index contributed by atoms with van der Waals surface area (Å²) in [6.07, 6.45) is 0. The van der Waals surface area contributed by atoms with E-state index in [-0.39, 0.29) is 10.8 Å². The van der Waals surface area contributed by atoms with E-state index in [0.29, 0.717) is 23.8 Å². The van der Waals surface area contributed by atoms with Crippen LogP contribution in [0.5, 0.6) is 0 Å². The van der Waals surface area contributed by atoms with E-state index >= 15 is 0 Å². The van der Waals surface area contributed by atoms with Gasteiger partial charge in [-0.2, -0.15) is 13.2 Å². The van der Waals surface area contributed by atoms with Crippen molar-refractivity contribution in [1.29, 1.82) is 0 Å². The number of halogens is 3. The summed E-state index contributed by atoms with van der Waals surface area (Å²) in [5, 5.41) is 15.9. The van der Waals surface area contributed by atoms with Gasteiger partial charge in [-0.25, -0.2) is 8.42 Å². The quantitative estimate of drug-likeness (QED) is 0.588. The van der Waals surface area contributed by atoms with Gasteiger partial charge in [-0.05, 0) is 32.9 Å². The van der Waals surface area contributed by atoms with Gasteiger partial charge in [0, 0.05) is 18.8 Å². The Labute approximate surface area is 158 Å². The molecular weight excluding hydrogens is 405 g/mol. The van der Waals surface area contributed by atoms with Crippen molar-refractivity contribution in [3.63, 3.8) is 0 Å². The molecule has 1 aromatic carbocycles. The molecule has 0 aliphatic heterocycles. The molecule has 0 fully saturated rings. The van der Waals surface area contributed by atoms with Crippen LogP contribution in [0.2, 0.25) is 0 Å². The van der Waals surface area contributed by atoms with E-state index in [1.165, 1.54) is 12.1 Å². The second-order valence-electron chi connectivity index (χ2n) is 5.16. The van der Waals surface area contributed by atoms with Crippen LogP contribution in [0.15, 0.2) is 28.4 Å². The maximum absolute atomic E-state index is 12.7. The van der Waals surface area contributed by atoms with Crippen LogP contribution in [0, 0.1) is 6.92 Å². The molecule has 0 amide bonds. The highest BCUT2D eigenvalue weighted by Crippen LogP contribution is 2.42. The topological polar surface area (TPSA) is 102 Å². The molecule has 0 radical (unpaired) electrons. The number of hydrogen-bond donors (Lipinski definition) is 0. The molecule has 0 spiro atoms. The van der Waals surface area contributed by atoms with Gasteiger partial charge in [-0.1, -0.05) is 23.1 Å². The molecule has 0 atom stereocenters. The standard InChI is InChI=1S/C14H16F3N6O2S2/c1-4-23(5-2)10-6-7-11(19-21-13-20-18-9(3)26-13)12(8-10)22-27(24,25)14(15,16)17/h6-8H,4-5H2,1-3H3/q-1. The summed E-state index contributed by atoms with van der Waals surface area (Å²) in [6, 6.07) is 4.19. The van der Waals surface area contributed by atoms with Crippen LogP contribution in [-0.4, -0.2) is 37.2 Å². The number of hydrogen-bond acceptors (Lipinski definition) is 8. The smallest absolute Gasteiger partial charge is 0.483 e. The van der Waals surface area contributed by atoms with Crippen molar-refractivity contribution in [2.24, 2.45) is 10.2 Å². The van der Waals surface area contributed by atoms with Crippen molar-refractivity contribution in [2.75, 3.05) is 18.0 Å². The number of aromatic nitrogens is 2. The van der Waals surface area contributed by atoms with E-state index in [9.17, 15) is 21.6 Å². The minimum Gasteiger partial charge on any atom is -0.568 e. The Morgan fingerprint density at radius 3 is 2.37 bits per heavy atom. The minimum atomic E-state index is -5.73. The third-order valence-electron chi connectivity index (χ3n) is 3.36. The van der Waals surface area contributed by atoms with Crippen molar-refractivity contribution in [3.8, 4) is 0 Å². The average molecular weight is 421 g/mol. The predicted molar refractivity (Wildman–Crippen MR) is 96.8 cm³/mol. The highest BCUT2D eigenvalue weighted by molar-refractivity contribution is 7.95. The fourth-order valence-electron chi connectivity index (χ4n) is 2.06. The number of benzene rings is 1. The summed E-state index contributed by atoms with van der Waals surface area (Å²) in [4.78, 5) is 1.83. The normalized spacial score (nSPS) is 12.5. The van der Waals surface area contributed by atoms with E-state index in [1.54, 1.807) is 13.0 Å². The zero-order chi connectivity index (χ0) is 20.2. The number of azo groups is 1. The molecule has 0 aliphatic rings. The van der Waals surface area contributed by atoms with Gasteiger partial charge in [-0.15, -0.1) is 20.4 Å². The molecule has 2 rings (SSSR count). The van der Waals surface area contributed by atoms with Gasteiger partial charge in [0.15, 0.2) is 10.0 Å². The monoisotopic (exact) mass is 421 g/mol. The lowest BCUT2D eigenvalue weighted by atomic mass is 10.2. The van der Waals surface area contributed by atoms with Gasteiger partial charge in [-0.3, -0.25) is 0 Å². The number of nitrogens with zero attached hydrogens (tertiary/aromatic N) is 6. The van der Waals surface area contributed by atoms with Crippen molar-refractivity contribution in [1.82, 2.24) is 10.2 Å². The lowest BCUT2D eigenvalue weighted by Crippen LogP contribution is -2.22. The molecule has 27 heavy (non-hydrogen) atoms. The average Bonchev–Trinajstić information content (AvgIpc) is 2.99. The largest absolute Gasteiger partial charge is 0.568 e. The summed E-state index contributed by atoms with van der Waals surface area (Å²) in [5.74, 6) is 0. The van der Waals surface area contributed by atoms with Crippen LogP contribution in [0.3, 0.4) is 0 Å². The molecule has 2 aromatic rings. The van der Waals surface area contributed by atoms with Crippen molar-refractivity contribution >= 4 is 43.6 Å². The Hall–Kier alpha value is -2.28. The van der Waals surface area contributed by atoms with Crippen molar-refractivity contribution in [3.05, 3.63) is 27.9 Å². The summed E-state index contributed by atoms with van der Waals surface area (Å²) < 4.78 is 64.1. The second kappa shape index (κ2) is 8.17. The molecule has 8 nitrogen and oxygen atoms in total. The van der Waals surface area contributed by atoms with Gasteiger partial charge in [0.2, 0.25) is 0 Å². The lowest BCUT2D eigenvalue weighted by molar-refractivity contribution is -0.0425. The molecule has 0 unspecified atom stereocenters. The first-order valence-electron chi connectivity index (χ1n) is 7.72. The first kappa shape index (κ1) is 21.0. The fraction of sp³-hybridized carbons (Fsp3) is 0.429. The molecule has 0 N–H and O–H groups in total. The number of rotatable bonds is 7. The van der Waals surface area contributed by atoms with E-state index in [2.05, 4.69) is 25.1 Å². The van der Waals surface area contributed by atoms with Crippen LogP contribution in [0.1, 0.15) is 18.9 Å². The molecule has 0 bridgehead atoms. The van der Waals surface area contributed by atoms with Crippen LogP contribution in [0.25, 0.3) is 4.72 Å². The maximum Gasteiger partial charge on any atom is 0.483 e. The highest BCUT2D eigenvalue weighted by atomic mass is 32.2. The van der Waals surface area contributed by atoms with E-state index in [4.69, 9.17) is 0 Å². The van der Waals surface area contributed by atoms with Crippen LogP contribution < -0.4 is 4.90 Å². The highest BCUT2D eigenvalue weighted by Gasteiger charge is 2.39. The third kappa shape index (κ3) is 5.13. The first-order valence-corrected chi connectivity index (χ1v) is 9.98. The number of alkyl halides is 3. The third-order valence-corrected chi connectivity index (χ3v) is 5.10. The number of sulfonamides is 1. The Morgan fingerprint density at radius 2 is 1.85 bits per heavy atom. The zero-order valence-electron chi connectivity index (χ0n) is 14.6. The molecular formula is C14H16F3N6O2S2-. The Balaban J connectivity index is 2.47. The number of anilines is 1. The first-order chi connectivity index (χ1) is 12.6. The fourth-order valence-corrected chi connectivity index (χ4v) is 3.08. The van der Waals surface area contributed by atoms with E-state index in [1.807, 2.05) is 18.7 Å².